The molecule has 2 saturated heterocycles. The molecular formula is C18H26FN5O3. The van der Waals surface area contributed by atoms with Crippen molar-refractivity contribution in [1.82, 2.24) is 15.1 Å². The highest BCUT2D eigenvalue weighted by Gasteiger charge is 2.35. The smallest absolute Gasteiger partial charge is 0.312 e. The lowest BCUT2D eigenvalue weighted by Crippen LogP contribution is -2.60. The third-order valence-electron chi connectivity index (χ3n) is 5.29. The normalized spacial score (nSPS) is 23.9. The van der Waals surface area contributed by atoms with Crippen LogP contribution >= 0.6 is 0 Å². The number of amides is 3. The van der Waals surface area contributed by atoms with Crippen molar-refractivity contribution in [2.45, 2.75) is 18.6 Å². The van der Waals surface area contributed by atoms with Gasteiger partial charge in [-0.25, -0.2) is 9.18 Å². The van der Waals surface area contributed by atoms with Gasteiger partial charge in [0.2, 0.25) is 5.91 Å². The number of nitrogens with one attached hydrogen (secondary N) is 1. The molecule has 0 radical (unpaired) electrons. The van der Waals surface area contributed by atoms with E-state index in [1.165, 1.54) is 6.07 Å². The van der Waals surface area contributed by atoms with Crippen LogP contribution in [0.5, 0.6) is 0 Å². The van der Waals surface area contributed by atoms with E-state index in [1.807, 2.05) is 11.0 Å². The predicted octanol–water partition coefficient (Wildman–Crippen LogP) is -0.422. The minimum absolute atomic E-state index is 0.0269. The van der Waals surface area contributed by atoms with E-state index in [0.29, 0.717) is 31.7 Å². The van der Waals surface area contributed by atoms with E-state index in [1.54, 1.807) is 17.0 Å². The second-order valence-electron chi connectivity index (χ2n) is 6.96. The van der Waals surface area contributed by atoms with E-state index >= 15 is 0 Å². The van der Waals surface area contributed by atoms with Crippen molar-refractivity contribution in [2.24, 2.45) is 5.73 Å². The summed E-state index contributed by atoms with van der Waals surface area (Å²) < 4.78 is 14.0. The second-order valence-corrected chi connectivity index (χ2v) is 6.96. The number of para-hydroxylation sites is 1. The van der Waals surface area contributed by atoms with Crippen LogP contribution < -0.4 is 16.0 Å². The predicted molar refractivity (Wildman–Crippen MR) is 98.8 cm³/mol. The first kappa shape index (κ1) is 19.4. The van der Waals surface area contributed by atoms with Gasteiger partial charge in [0.25, 0.3) is 0 Å². The molecule has 4 N–H and O–H groups in total. The van der Waals surface area contributed by atoms with Crippen LogP contribution in [0.2, 0.25) is 0 Å². The van der Waals surface area contributed by atoms with Gasteiger partial charge in [0.1, 0.15) is 5.82 Å². The topological polar surface area (TPSA) is 102 Å². The number of hydrogen-bond donors (Lipinski definition) is 3. The average Bonchev–Trinajstić information content (AvgIpc) is 2.66. The van der Waals surface area contributed by atoms with E-state index in [9.17, 15) is 19.1 Å². The maximum Gasteiger partial charge on any atom is 0.312 e. The Bertz CT molecular complexity index is 681. The van der Waals surface area contributed by atoms with E-state index in [-0.39, 0.29) is 30.9 Å². The molecular weight excluding hydrogens is 353 g/mol. The molecule has 2 aliphatic rings. The molecule has 0 aromatic heterocycles. The minimum atomic E-state index is -0.744. The Balaban J connectivity index is 1.50. The molecule has 1 aromatic rings. The summed E-state index contributed by atoms with van der Waals surface area (Å²) in [4.78, 5) is 28.6. The number of piperidine rings is 1. The molecule has 2 heterocycles. The maximum atomic E-state index is 14.0. The average molecular weight is 379 g/mol. The lowest BCUT2D eigenvalue weighted by Gasteiger charge is -2.45. The summed E-state index contributed by atoms with van der Waals surface area (Å²) in [6.45, 7) is 3.44. The first-order valence-corrected chi connectivity index (χ1v) is 9.18. The highest BCUT2D eigenvalue weighted by atomic mass is 19.1. The minimum Gasteiger partial charge on any atom is -0.390 e. The molecule has 0 saturated carbocycles. The summed E-state index contributed by atoms with van der Waals surface area (Å²) in [5, 5.41) is 12.8. The summed E-state index contributed by atoms with van der Waals surface area (Å²) in [5.74, 6) is -0.474. The zero-order valence-corrected chi connectivity index (χ0v) is 15.2. The number of rotatable bonds is 4. The molecule has 2 aliphatic heterocycles. The number of nitrogens with two attached hydrogens (primary N) is 1. The number of anilines is 1. The van der Waals surface area contributed by atoms with Crippen LogP contribution in [-0.4, -0.2) is 84.8 Å². The van der Waals surface area contributed by atoms with Crippen LogP contribution in [0.4, 0.5) is 14.9 Å². The number of likely N-dealkylation sites (tertiary alicyclic amines) is 1. The number of hydrogen-bond acceptors (Lipinski definition) is 5. The number of benzene rings is 1. The molecule has 27 heavy (non-hydrogen) atoms. The number of halogens is 1. The molecule has 3 amide bonds. The third-order valence-corrected chi connectivity index (χ3v) is 5.29. The molecule has 9 heteroatoms. The standard InChI is InChI=1S/C18H26FN5O3/c19-13-3-1-2-4-14(13)22-7-9-23(10-8-22)15-5-6-24(12-16(15)25)17(26)11-21-18(20)27/h1-4,15-16,25H,5-12H2,(H3,20,21,27)/t15-,16-/m1/s1. The van der Waals surface area contributed by atoms with Gasteiger partial charge in [0.05, 0.1) is 18.3 Å². The Kier molecular flexibility index (Phi) is 6.12. The summed E-state index contributed by atoms with van der Waals surface area (Å²) >= 11 is 0. The Morgan fingerprint density at radius 2 is 1.89 bits per heavy atom. The molecule has 2 fully saturated rings. The summed E-state index contributed by atoms with van der Waals surface area (Å²) in [6, 6.07) is 5.98. The van der Waals surface area contributed by atoms with Gasteiger partial charge >= 0.3 is 6.03 Å². The van der Waals surface area contributed by atoms with Crippen LogP contribution in [0.1, 0.15) is 6.42 Å². The van der Waals surface area contributed by atoms with Crippen molar-refractivity contribution in [2.75, 3.05) is 50.7 Å². The fourth-order valence-corrected chi connectivity index (χ4v) is 3.85. The first-order chi connectivity index (χ1) is 13.0. The van der Waals surface area contributed by atoms with Gasteiger partial charge < -0.3 is 26.0 Å². The largest absolute Gasteiger partial charge is 0.390 e. The number of carbonyl (C=O) groups excluding carboxylic acids is 2. The van der Waals surface area contributed by atoms with Crippen molar-refractivity contribution < 1.29 is 19.1 Å². The van der Waals surface area contributed by atoms with Crippen LogP contribution in [-0.2, 0) is 4.79 Å². The third kappa shape index (κ3) is 4.67. The molecule has 8 nitrogen and oxygen atoms in total. The molecule has 2 atom stereocenters. The van der Waals surface area contributed by atoms with Gasteiger partial charge in [-0.2, -0.15) is 0 Å². The Hall–Kier alpha value is -2.39. The Morgan fingerprint density at radius 1 is 1.19 bits per heavy atom. The number of urea groups is 1. The van der Waals surface area contributed by atoms with Gasteiger partial charge in [-0.05, 0) is 18.6 Å². The van der Waals surface area contributed by atoms with Gasteiger partial charge in [0, 0.05) is 45.3 Å². The molecule has 3 rings (SSSR count). The zero-order valence-electron chi connectivity index (χ0n) is 15.2. The lowest BCUT2D eigenvalue weighted by molar-refractivity contribution is -0.135. The fraction of sp³-hybridized carbons (Fsp3) is 0.556. The quantitative estimate of drug-likeness (QED) is 0.659. The van der Waals surface area contributed by atoms with Crippen LogP contribution in [0.3, 0.4) is 0 Å². The Labute approximate surface area is 157 Å². The molecule has 0 aliphatic carbocycles. The van der Waals surface area contributed by atoms with Crippen LogP contribution in [0.25, 0.3) is 0 Å². The van der Waals surface area contributed by atoms with Crippen molar-refractivity contribution in [3.63, 3.8) is 0 Å². The van der Waals surface area contributed by atoms with Crippen molar-refractivity contribution in [3.8, 4) is 0 Å². The lowest BCUT2D eigenvalue weighted by atomic mass is 9.99. The van der Waals surface area contributed by atoms with E-state index in [0.717, 1.165) is 13.1 Å². The summed E-state index contributed by atoms with van der Waals surface area (Å²) in [7, 11) is 0. The highest BCUT2D eigenvalue weighted by molar-refractivity contribution is 5.83. The van der Waals surface area contributed by atoms with Crippen LogP contribution in [0, 0.1) is 5.82 Å². The maximum absolute atomic E-state index is 14.0. The SMILES string of the molecule is NC(=O)NCC(=O)N1CC[C@@H](N2CCN(c3ccccc3F)CC2)[C@H](O)C1. The number of primary amides is 1. The Morgan fingerprint density at radius 3 is 2.52 bits per heavy atom. The second kappa shape index (κ2) is 8.53. The van der Waals surface area contributed by atoms with Gasteiger partial charge in [0.15, 0.2) is 0 Å². The van der Waals surface area contributed by atoms with Crippen LogP contribution in [0.15, 0.2) is 24.3 Å². The van der Waals surface area contributed by atoms with E-state index < -0.39 is 12.1 Å². The molecule has 0 unspecified atom stereocenters. The van der Waals surface area contributed by atoms with Gasteiger partial charge in [-0.15, -0.1) is 0 Å². The molecule has 0 bridgehead atoms. The number of carbonyl (C=O) groups is 2. The van der Waals surface area contributed by atoms with E-state index in [2.05, 4.69) is 10.2 Å². The number of piperazine rings is 1. The number of aliphatic hydroxyl groups is 1. The zero-order chi connectivity index (χ0) is 19.4. The van der Waals surface area contributed by atoms with E-state index in [4.69, 9.17) is 5.73 Å². The molecule has 148 valence electrons. The summed E-state index contributed by atoms with van der Waals surface area (Å²) in [5.41, 5.74) is 5.59. The fourth-order valence-electron chi connectivity index (χ4n) is 3.85. The molecule has 1 aromatic carbocycles. The van der Waals surface area contributed by atoms with Crippen molar-refractivity contribution in [3.05, 3.63) is 30.1 Å². The van der Waals surface area contributed by atoms with Gasteiger partial charge in [-0.1, -0.05) is 12.1 Å². The van der Waals surface area contributed by atoms with Crippen molar-refractivity contribution in [1.29, 1.82) is 0 Å². The first-order valence-electron chi connectivity index (χ1n) is 9.18. The number of β-amino-alcohol motifs (C(OH)–C–C–N with tert-alkyl or cyclic N) is 1. The number of nitrogens with zero attached hydrogens (tertiary/aromatic N) is 3. The van der Waals surface area contributed by atoms with Gasteiger partial charge in [-0.3, -0.25) is 9.69 Å². The molecule has 0 spiro atoms. The highest BCUT2D eigenvalue weighted by Crippen LogP contribution is 2.23. The number of aliphatic hydroxyl groups excluding tert-OH is 1. The summed E-state index contributed by atoms with van der Waals surface area (Å²) in [6.07, 6.45) is -0.000285. The van der Waals surface area contributed by atoms with Crippen molar-refractivity contribution >= 4 is 17.6 Å². The monoisotopic (exact) mass is 379 g/mol.